The molecule has 0 radical (unpaired) electrons. The Morgan fingerprint density at radius 1 is 0.943 bits per heavy atom. The van der Waals surface area contributed by atoms with E-state index >= 15 is 0 Å². The average Bonchev–Trinajstić information content (AvgIpc) is 2.85. The van der Waals surface area contributed by atoms with Crippen LogP contribution >= 0.6 is 0 Å². The lowest BCUT2D eigenvalue weighted by Crippen LogP contribution is -2.49. The molecule has 1 fully saturated rings. The van der Waals surface area contributed by atoms with E-state index in [2.05, 4.69) is 9.88 Å². The summed E-state index contributed by atoms with van der Waals surface area (Å²) in [6.07, 6.45) is -4.19. The van der Waals surface area contributed by atoms with E-state index in [0.29, 0.717) is 30.8 Å². The van der Waals surface area contributed by atoms with E-state index in [9.17, 15) is 18.0 Å². The van der Waals surface area contributed by atoms with Gasteiger partial charge in [0, 0.05) is 45.0 Å². The van der Waals surface area contributed by atoms with E-state index in [0.717, 1.165) is 43.1 Å². The Kier molecular flexibility index (Phi) is 7.40. The molecule has 1 aliphatic heterocycles. The molecule has 1 saturated heterocycles. The van der Waals surface area contributed by atoms with E-state index in [-0.39, 0.29) is 5.88 Å². The highest BCUT2D eigenvalue weighted by Crippen LogP contribution is 2.30. The van der Waals surface area contributed by atoms with Crippen LogP contribution in [0.5, 0.6) is 23.1 Å². The Balaban J connectivity index is 1.25. The summed E-state index contributed by atoms with van der Waals surface area (Å²) in [6.45, 7) is 3.31. The number of carbonyl (C=O) groups excluding carboxylic acids is 1. The third kappa shape index (κ3) is 6.63. The highest BCUT2D eigenvalue weighted by atomic mass is 19.4. The molecule has 10 heteroatoms. The molecule has 35 heavy (non-hydrogen) atoms. The van der Waals surface area contributed by atoms with Crippen LogP contribution in [0.25, 0.3) is 0 Å². The number of amides is 1. The Hall–Kier alpha value is -3.79. The normalized spacial score (nSPS) is 14.5. The fraction of sp³-hybridized carbons (Fsp3) is 0.280. The van der Waals surface area contributed by atoms with Gasteiger partial charge in [-0.25, -0.2) is 9.78 Å². The maximum Gasteiger partial charge on any atom is 0.417 e. The van der Waals surface area contributed by atoms with Gasteiger partial charge in [0.2, 0.25) is 5.88 Å². The van der Waals surface area contributed by atoms with Gasteiger partial charge in [-0.1, -0.05) is 12.1 Å². The van der Waals surface area contributed by atoms with Gasteiger partial charge in [0.1, 0.15) is 17.2 Å². The predicted molar refractivity (Wildman–Crippen MR) is 122 cm³/mol. The summed E-state index contributed by atoms with van der Waals surface area (Å²) in [6, 6.07) is 16.2. The molecule has 3 aromatic rings. The Morgan fingerprint density at radius 3 is 2.29 bits per heavy atom. The number of ether oxygens (including phenoxy) is 3. The van der Waals surface area contributed by atoms with Gasteiger partial charge in [-0.2, -0.15) is 13.2 Å². The summed E-state index contributed by atoms with van der Waals surface area (Å²) in [5, 5.41) is 0. The Labute approximate surface area is 200 Å². The first-order chi connectivity index (χ1) is 16.8. The topological polar surface area (TPSA) is 64.1 Å². The third-order valence-electron chi connectivity index (χ3n) is 5.49. The Bertz CT molecular complexity index is 1130. The van der Waals surface area contributed by atoms with Gasteiger partial charge in [-0.15, -0.1) is 0 Å². The smallest absolute Gasteiger partial charge is 0.417 e. The second kappa shape index (κ2) is 10.6. The summed E-state index contributed by atoms with van der Waals surface area (Å²) in [7, 11) is 1.64. The Morgan fingerprint density at radius 2 is 1.66 bits per heavy atom. The number of carbonyl (C=O) groups is 1. The van der Waals surface area contributed by atoms with E-state index in [1.807, 2.05) is 24.3 Å². The number of rotatable bonds is 6. The lowest BCUT2D eigenvalue weighted by molar-refractivity contribution is -0.137. The van der Waals surface area contributed by atoms with Crippen LogP contribution in [0.4, 0.5) is 18.0 Å². The molecule has 2 heterocycles. The second-order valence-electron chi connectivity index (χ2n) is 7.94. The maximum absolute atomic E-state index is 12.6. The number of hydrogen-bond donors (Lipinski definition) is 0. The molecule has 4 rings (SSSR count). The molecular formula is C25H24F3N3O4. The van der Waals surface area contributed by atoms with Crippen molar-refractivity contribution in [1.29, 1.82) is 0 Å². The molecule has 0 saturated carbocycles. The summed E-state index contributed by atoms with van der Waals surface area (Å²) in [5.74, 6) is 1.52. The highest BCUT2D eigenvalue weighted by Gasteiger charge is 2.30. The van der Waals surface area contributed by atoms with E-state index in [1.165, 1.54) is 0 Å². The first-order valence-electron chi connectivity index (χ1n) is 10.9. The van der Waals surface area contributed by atoms with Crippen LogP contribution in [0.2, 0.25) is 0 Å². The number of benzene rings is 2. The lowest BCUT2D eigenvalue weighted by Gasteiger charge is -2.34. The summed E-state index contributed by atoms with van der Waals surface area (Å²) >= 11 is 0. The minimum Gasteiger partial charge on any atom is -0.497 e. The van der Waals surface area contributed by atoms with E-state index < -0.39 is 17.8 Å². The molecule has 1 aliphatic rings. The van der Waals surface area contributed by atoms with Gasteiger partial charge in [-0.05, 0) is 48.0 Å². The van der Waals surface area contributed by atoms with Crippen molar-refractivity contribution in [3.63, 3.8) is 0 Å². The van der Waals surface area contributed by atoms with Crippen molar-refractivity contribution >= 4 is 6.09 Å². The van der Waals surface area contributed by atoms with E-state index in [1.54, 1.807) is 36.3 Å². The predicted octanol–water partition coefficient (Wildman–Crippen LogP) is 5.22. The van der Waals surface area contributed by atoms with Crippen LogP contribution in [-0.4, -0.2) is 54.2 Å². The molecule has 0 bridgehead atoms. The minimum absolute atomic E-state index is 0.0227. The average molecular weight is 487 g/mol. The van der Waals surface area contributed by atoms with Crippen molar-refractivity contribution in [3.8, 4) is 23.1 Å². The molecule has 0 unspecified atom stereocenters. The standard InChI is InChI=1S/C25H24F3N3O4/c1-33-22-4-2-3-18(15-22)17-30-11-13-31(14-12-30)24(32)35-21-8-6-20(7-9-21)34-23-10-5-19(16-29-23)25(26,27)28/h2-10,15-16H,11-14,17H2,1H3. The van der Waals surface area contributed by atoms with Crippen molar-refractivity contribution in [3.05, 3.63) is 78.0 Å². The van der Waals surface area contributed by atoms with Crippen molar-refractivity contribution < 1.29 is 32.2 Å². The van der Waals surface area contributed by atoms with Crippen molar-refractivity contribution in [1.82, 2.24) is 14.8 Å². The molecule has 0 aliphatic carbocycles. The largest absolute Gasteiger partial charge is 0.497 e. The minimum atomic E-state index is -4.46. The van der Waals surface area contributed by atoms with Crippen LogP contribution in [0.3, 0.4) is 0 Å². The van der Waals surface area contributed by atoms with Crippen LogP contribution < -0.4 is 14.2 Å². The highest BCUT2D eigenvalue weighted by molar-refractivity contribution is 5.70. The molecule has 0 N–H and O–H groups in total. The zero-order valence-electron chi connectivity index (χ0n) is 19.0. The number of hydrogen-bond acceptors (Lipinski definition) is 6. The van der Waals surface area contributed by atoms with Gasteiger partial charge in [0.25, 0.3) is 0 Å². The molecule has 1 aromatic heterocycles. The van der Waals surface area contributed by atoms with Crippen molar-refractivity contribution in [2.24, 2.45) is 0 Å². The van der Waals surface area contributed by atoms with Gasteiger partial charge in [0.15, 0.2) is 0 Å². The van der Waals surface area contributed by atoms with E-state index in [4.69, 9.17) is 14.2 Å². The molecule has 1 amide bonds. The fourth-order valence-electron chi connectivity index (χ4n) is 3.59. The van der Waals surface area contributed by atoms with Gasteiger partial charge in [-0.3, -0.25) is 4.90 Å². The summed E-state index contributed by atoms with van der Waals surface area (Å²) < 4.78 is 54.1. The van der Waals surface area contributed by atoms with Gasteiger partial charge >= 0.3 is 12.3 Å². The number of halogens is 3. The van der Waals surface area contributed by atoms with Crippen molar-refractivity contribution in [2.45, 2.75) is 12.7 Å². The van der Waals surface area contributed by atoms with Crippen LogP contribution in [0.1, 0.15) is 11.1 Å². The molecule has 2 aromatic carbocycles. The number of aromatic nitrogens is 1. The molecule has 184 valence electrons. The van der Waals surface area contributed by atoms with Crippen molar-refractivity contribution in [2.75, 3.05) is 33.3 Å². The quantitative estimate of drug-likeness (QED) is 0.475. The summed E-state index contributed by atoms with van der Waals surface area (Å²) in [5.41, 5.74) is 0.294. The zero-order chi connectivity index (χ0) is 24.8. The fourth-order valence-corrected chi connectivity index (χ4v) is 3.59. The van der Waals surface area contributed by atoms with Crippen LogP contribution in [0.15, 0.2) is 66.9 Å². The number of alkyl halides is 3. The first-order valence-corrected chi connectivity index (χ1v) is 10.9. The van der Waals surface area contributed by atoms with Crippen LogP contribution in [-0.2, 0) is 12.7 Å². The molecule has 0 atom stereocenters. The first kappa shape index (κ1) is 24.3. The van der Waals surface area contributed by atoms with Gasteiger partial charge < -0.3 is 19.1 Å². The van der Waals surface area contributed by atoms with Crippen LogP contribution in [0, 0.1) is 0 Å². The lowest BCUT2D eigenvalue weighted by atomic mass is 10.2. The number of piperazine rings is 1. The SMILES string of the molecule is COc1cccc(CN2CCN(C(=O)Oc3ccc(Oc4ccc(C(F)(F)F)cn4)cc3)CC2)c1. The number of methoxy groups -OCH3 is 1. The second-order valence-corrected chi connectivity index (χ2v) is 7.94. The molecular weight excluding hydrogens is 463 g/mol. The zero-order valence-corrected chi connectivity index (χ0v) is 19.0. The number of pyridine rings is 1. The third-order valence-corrected chi connectivity index (χ3v) is 5.49. The monoisotopic (exact) mass is 487 g/mol. The van der Waals surface area contributed by atoms with Gasteiger partial charge in [0.05, 0.1) is 12.7 Å². The maximum atomic E-state index is 12.6. The summed E-state index contributed by atoms with van der Waals surface area (Å²) in [4.78, 5) is 20.1. The molecule has 0 spiro atoms. The number of nitrogens with zero attached hydrogens (tertiary/aromatic N) is 3. The molecule has 7 nitrogen and oxygen atoms in total.